The first-order valence-corrected chi connectivity index (χ1v) is 8.34. The van der Waals surface area contributed by atoms with Crippen molar-refractivity contribution in [1.29, 1.82) is 0 Å². The zero-order valence-corrected chi connectivity index (χ0v) is 12.5. The van der Waals surface area contributed by atoms with E-state index in [9.17, 15) is 0 Å². The highest BCUT2D eigenvalue weighted by atomic mass is 16.5. The van der Waals surface area contributed by atoms with Crippen LogP contribution in [0.4, 0.5) is 0 Å². The minimum absolute atomic E-state index is 0.537. The normalized spacial score (nSPS) is 21.9. The van der Waals surface area contributed by atoms with Crippen molar-refractivity contribution in [2.24, 2.45) is 0 Å². The van der Waals surface area contributed by atoms with Crippen LogP contribution in [0, 0.1) is 0 Å². The van der Waals surface area contributed by atoms with E-state index in [1.807, 2.05) is 12.3 Å². The maximum atomic E-state index is 5.53. The second kappa shape index (κ2) is 5.76. The van der Waals surface area contributed by atoms with Crippen molar-refractivity contribution < 1.29 is 4.74 Å². The molecule has 3 heterocycles. The number of imidazole rings is 1. The smallest absolute Gasteiger partial charge is 0.160 e. The standard InChI is InChI=1S/C17H23N3O/c1-2-5-14(6-3-1)20-16(13-8-11-21-12-9-13)19-15-7-4-10-18-17(15)20/h4,7,10,13-14H,1-3,5-6,8-9,11-12H2. The highest BCUT2D eigenvalue weighted by Crippen LogP contribution is 2.36. The number of hydrogen-bond donors (Lipinski definition) is 0. The van der Waals surface area contributed by atoms with E-state index in [0.717, 1.165) is 37.2 Å². The largest absolute Gasteiger partial charge is 0.381 e. The molecule has 112 valence electrons. The molecule has 2 aromatic rings. The van der Waals surface area contributed by atoms with Crippen LogP contribution in [0.1, 0.15) is 62.7 Å². The third-order valence-electron chi connectivity index (χ3n) is 5.00. The lowest BCUT2D eigenvalue weighted by Gasteiger charge is -2.28. The Bertz CT molecular complexity index is 610. The van der Waals surface area contributed by atoms with Crippen molar-refractivity contribution in [2.45, 2.75) is 56.9 Å². The van der Waals surface area contributed by atoms with Crippen molar-refractivity contribution in [3.05, 3.63) is 24.2 Å². The Morgan fingerprint density at radius 1 is 1.05 bits per heavy atom. The summed E-state index contributed by atoms with van der Waals surface area (Å²) in [5.74, 6) is 1.80. The SMILES string of the molecule is c1cnc2c(c1)nc(C1CCOCC1)n2C1CCCCC1. The minimum Gasteiger partial charge on any atom is -0.381 e. The molecule has 0 bridgehead atoms. The van der Waals surface area contributed by atoms with Gasteiger partial charge in [-0.05, 0) is 37.8 Å². The third-order valence-corrected chi connectivity index (χ3v) is 5.00. The maximum Gasteiger partial charge on any atom is 0.160 e. The molecule has 1 aliphatic carbocycles. The molecule has 0 radical (unpaired) electrons. The van der Waals surface area contributed by atoms with Gasteiger partial charge < -0.3 is 9.30 Å². The lowest BCUT2D eigenvalue weighted by atomic mass is 9.93. The summed E-state index contributed by atoms with van der Waals surface area (Å²) in [7, 11) is 0. The zero-order chi connectivity index (χ0) is 14.1. The molecule has 2 fully saturated rings. The Balaban J connectivity index is 1.79. The molecular formula is C17H23N3O. The van der Waals surface area contributed by atoms with Gasteiger partial charge in [0.25, 0.3) is 0 Å². The first-order chi connectivity index (χ1) is 10.4. The van der Waals surface area contributed by atoms with Crippen LogP contribution in [0.2, 0.25) is 0 Å². The molecule has 1 saturated heterocycles. The van der Waals surface area contributed by atoms with Crippen LogP contribution >= 0.6 is 0 Å². The molecular weight excluding hydrogens is 262 g/mol. The second-order valence-corrected chi connectivity index (χ2v) is 6.36. The molecule has 0 atom stereocenters. The van der Waals surface area contributed by atoms with Gasteiger partial charge in [0.1, 0.15) is 11.3 Å². The van der Waals surface area contributed by atoms with Gasteiger partial charge in [0, 0.05) is 31.4 Å². The summed E-state index contributed by atoms with van der Waals surface area (Å²) in [4.78, 5) is 9.60. The van der Waals surface area contributed by atoms with E-state index in [2.05, 4.69) is 15.6 Å². The Hall–Kier alpha value is -1.42. The van der Waals surface area contributed by atoms with Crippen molar-refractivity contribution >= 4 is 11.2 Å². The lowest BCUT2D eigenvalue weighted by Crippen LogP contribution is -2.21. The Morgan fingerprint density at radius 2 is 1.86 bits per heavy atom. The van der Waals surface area contributed by atoms with Gasteiger partial charge in [-0.2, -0.15) is 0 Å². The molecule has 0 N–H and O–H groups in total. The highest BCUT2D eigenvalue weighted by Gasteiger charge is 2.27. The van der Waals surface area contributed by atoms with Crippen LogP contribution in [-0.4, -0.2) is 27.7 Å². The van der Waals surface area contributed by atoms with Crippen molar-refractivity contribution in [3.8, 4) is 0 Å². The second-order valence-electron chi connectivity index (χ2n) is 6.36. The zero-order valence-electron chi connectivity index (χ0n) is 12.5. The van der Waals surface area contributed by atoms with Gasteiger partial charge in [0.05, 0.1) is 0 Å². The minimum atomic E-state index is 0.537. The molecule has 0 aromatic carbocycles. The fraction of sp³-hybridized carbons (Fsp3) is 0.647. The first-order valence-electron chi connectivity index (χ1n) is 8.34. The molecule has 0 unspecified atom stereocenters. The van der Waals surface area contributed by atoms with Crippen LogP contribution < -0.4 is 0 Å². The van der Waals surface area contributed by atoms with Gasteiger partial charge in [0.15, 0.2) is 5.65 Å². The molecule has 0 spiro atoms. The van der Waals surface area contributed by atoms with Crippen molar-refractivity contribution in [3.63, 3.8) is 0 Å². The van der Waals surface area contributed by atoms with E-state index in [4.69, 9.17) is 9.72 Å². The highest BCUT2D eigenvalue weighted by molar-refractivity contribution is 5.71. The van der Waals surface area contributed by atoms with Crippen LogP contribution in [0.25, 0.3) is 11.2 Å². The molecule has 21 heavy (non-hydrogen) atoms. The van der Waals surface area contributed by atoms with E-state index in [1.54, 1.807) is 0 Å². The fourth-order valence-electron chi connectivity index (χ4n) is 3.89. The molecule has 1 aliphatic heterocycles. The average Bonchev–Trinajstić information content (AvgIpc) is 2.96. The lowest BCUT2D eigenvalue weighted by molar-refractivity contribution is 0.0823. The van der Waals surface area contributed by atoms with Crippen LogP contribution in [0.3, 0.4) is 0 Å². The summed E-state index contributed by atoms with van der Waals surface area (Å²) < 4.78 is 8.00. The number of pyridine rings is 1. The van der Waals surface area contributed by atoms with E-state index < -0.39 is 0 Å². The molecule has 4 nitrogen and oxygen atoms in total. The quantitative estimate of drug-likeness (QED) is 0.842. The number of hydrogen-bond acceptors (Lipinski definition) is 3. The Labute approximate surface area is 125 Å². The average molecular weight is 285 g/mol. The summed E-state index contributed by atoms with van der Waals surface area (Å²) in [6, 6.07) is 4.69. The van der Waals surface area contributed by atoms with Gasteiger partial charge in [0.2, 0.25) is 0 Å². The van der Waals surface area contributed by atoms with Gasteiger partial charge in [-0.3, -0.25) is 0 Å². The summed E-state index contributed by atoms with van der Waals surface area (Å²) in [5.41, 5.74) is 2.15. The Morgan fingerprint density at radius 3 is 2.67 bits per heavy atom. The number of nitrogens with zero attached hydrogens (tertiary/aromatic N) is 3. The number of aromatic nitrogens is 3. The summed E-state index contributed by atoms with van der Waals surface area (Å²) in [6.07, 6.45) is 10.7. The Kier molecular flexibility index (Phi) is 3.63. The predicted octanol–water partition coefficient (Wildman–Crippen LogP) is 3.83. The summed E-state index contributed by atoms with van der Waals surface area (Å²) in [6.45, 7) is 1.73. The maximum absolute atomic E-state index is 5.53. The molecule has 2 aliphatic rings. The molecule has 0 amide bonds. The number of ether oxygens (including phenoxy) is 1. The van der Waals surface area contributed by atoms with Crippen LogP contribution in [0.5, 0.6) is 0 Å². The third kappa shape index (κ3) is 2.46. The molecule has 4 heteroatoms. The topological polar surface area (TPSA) is 39.9 Å². The first kappa shape index (κ1) is 13.3. The molecule has 1 saturated carbocycles. The van der Waals surface area contributed by atoms with Gasteiger partial charge in [-0.25, -0.2) is 9.97 Å². The number of rotatable bonds is 2. The van der Waals surface area contributed by atoms with Gasteiger partial charge in [-0.1, -0.05) is 19.3 Å². The van der Waals surface area contributed by atoms with Crippen molar-refractivity contribution in [2.75, 3.05) is 13.2 Å². The van der Waals surface area contributed by atoms with E-state index in [0.29, 0.717) is 12.0 Å². The number of fused-ring (bicyclic) bond motifs is 1. The molecule has 4 rings (SSSR count). The summed E-state index contributed by atoms with van der Waals surface area (Å²) >= 11 is 0. The van der Waals surface area contributed by atoms with Crippen molar-refractivity contribution in [1.82, 2.24) is 14.5 Å². The van der Waals surface area contributed by atoms with E-state index in [-0.39, 0.29) is 0 Å². The van der Waals surface area contributed by atoms with Gasteiger partial charge in [-0.15, -0.1) is 0 Å². The monoisotopic (exact) mass is 285 g/mol. The summed E-state index contributed by atoms with van der Waals surface area (Å²) in [5, 5.41) is 0. The molecule has 2 aromatic heterocycles. The van der Waals surface area contributed by atoms with Gasteiger partial charge >= 0.3 is 0 Å². The predicted molar refractivity (Wildman–Crippen MR) is 82.4 cm³/mol. The fourth-order valence-corrected chi connectivity index (χ4v) is 3.89. The van der Waals surface area contributed by atoms with Crippen LogP contribution in [0.15, 0.2) is 18.3 Å². The van der Waals surface area contributed by atoms with E-state index in [1.165, 1.54) is 37.9 Å². The van der Waals surface area contributed by atoms with E-state index >= 15 is 0 Å². The van der Waals surface area contributed by atoms with Crippen LogP contribution in [-0.2, 0) is 4.74 Å².